The maximum atomic E-state index is 12.7. The van der Waals surface area contributed by atoms with Crippen molar-refractivity contribution in [2.75, 3.05) is 18.5 Å². The number of hydrogen-bond acceptors (Lipinski definition) is 7. The van der Waals surface area contributed by atoms with Crippen LogP contribution in [0.25, 0.3) is 17.4 Å². The minimum absolute atomic E-state index is 0.165. The van der Waals surface area contributed by atoms with Crippen molar-refractivity contribution in [2.45, 2.75) is 19.8 Å². The standard InChI is InChI=1S/C27H24N2O6S/c1-2-3-15-34-26(32)19-11-9-18(10-12-19)22-14-13-21(35-22)16-23-25(31)29(27(33)36-23)17-24(30)28-20-7-5-4-6-8-20/h4-14,16H,2-3,15,17H2,1H3,(H,28,30)/b23-16-. The molecule has 0 unspecified atom stereocenters. The number of benzene rings is 2. The molecule has 36 heavy (non-hydrogen) atoms. The SMILES string of the molecule is CCCCOC(=O)c1ccc(-c2ccc(/C=C3\SC(=O)N(CC(=O)Nc4ccccc4)C3=O)o2)cc1. The number of amides is 3. The number of para-hydroxylation sites is 1. The molecular weight excluding hydrogens is 480 g/mol. The summed E-state index contributed by atoms with van der Waals surface area (Å²) < 4.78 is 11.0. The van der Waals surface area contributed by atoms with Gasteiger partial charge in [0, 0.05) is 17.3 Å². The van der Waals surface area contributed by atoms with Crippen LogP contribution in [0.5, 0.6) is 0 Å². The van der Waals surface area contributed by atoms with Gasteiger partial charge in [0.1, 0.15) is 18.1 Å². The molecule has 0 radical (unpaired) electrons. The Hall–Kier alpha value is -4.11. The van der Waals surface area contributed by atoms with Crippen molar-refractivity contribution in [3.8, 4) is 11.3 Å². The number of nitrogens with zero attached hydrogens (tertiary/aromatic N) is 1. The number of thioether (sulfide) groups is 1. The molecule has 1 aliphatic heterocycles. The zero-order valence-electron chi connectivity index (χ0n) is 19.6. The van der Waals surface area contributed by atoms with Gasteiger partial charge in [-0.05, 0) is 54.6 Å². The Morgan fingerprint density at radius 2 is 1.78 bits per heavy atom. The van der Waals surface area contributed by atoms with Gasteiger partial charge in [0.2, 0.25) is 5.91 Å². The van der Waals surface area contributed by atoms with Crippen molar-refractivity contribution in [2.24, 2.45) is 0 Å². The van der Waals surface area contributed by atoms with Crippen molar-refractivity contribution in [3.05, 3.63) is 83.0 Å². The van der Waals surface area contributed by atoms with Gasteiger partial charge in [0.15, 0.2) is 0 Å². The molecule has 0 spiro atoms. The lowest BCUT2D eigenvalue weighted by atomic mass is 10.1. The molecule has 3 amide bonds. The number of ether oxygens (including phenoxy) is 1. The largest absolute Gasteiger partial charge is 0.462 e. The third kappa shape index (κ3) is 6.11. The van der Waals surface area contributed by atoms with Crippen molar-refractivity contribution in [1.29, 1.82) is 0 Å². The smallest absolute Gasteiger partial charge is 0.338 e. The lowest BCUT2D eigenvalue weighted by Crippen LogP contribution is -2.36. The van der Waals surface area contributed by atoms with Crippen LogP contribution < -0.4 is 5.32 Å². The fraction of sp³-hybridized carbons (Fsp3) is 0.185. The molecule has 1 aliphatic rings. The summed E-state index contributed by atoms with van der Waals surface area (Å²) in [5, 5.41) is 2.13. The minimum atomic E-state index is -0.558. The second kappa shape index (κ2) is 11.5. The van der Waals surface area contributed by atoms with Crippen LogP contribution in [0.15, 0.2) is 76.1 Å². The second-order valence-electron chi connectivity index (χ2n) is 7.95. The first-order valence-electron chi connectivity index (χ1n) is 11.4. The predicted octanol–water partition coefficient (Wildman–Crippen LogP) is 5.58. The van der Waals surface area contributed by atoms with Crippen molar-refractivity contribution in [3.63, 3.8) is 0 Å². The number of carbonyl (C=O) groups excluding carboxylic acids is 4. The van der Waals surface area contributed by atoms with Crippen LogP contribution in [-0.4, -0.2) is 41.1 Å². The van der Waals surface area contributed by atoms with E-state index in [0.29, 0.717) is 29.4 Å². The van der Waals surface area contributed by atoms with Gasteiger partial charge in [-0.2, -0.15) is 0 Å². The van der Waals surface area contributed by atoms with Gasteiger partial charge >= 0.3 is 5.97 Å². The Morgan fingerprint density at radius 3 is 2.50 bits per heavy atom. The highest BCUT2D eigenvalue weighted by Crippen LogP contribution is 2.33. The van der Waals surface area contributed by atoms with Gasteiger partial charge in [-0.15, -0.1) is 0 Å². The molecule has 1 fully saturated rings. The highest BCUT2D eigenvalue weighted by Gasteiger charge is 2.36. The number of hydrogen-bond donors (Lipinski definition) is 1. The molecule has 0 saturated carbocycles. The Morgan fingerprint density at radius 1 is 1.03 bits per heavy atom. The van der Waals surface area contributed by atoms with Gasteiger partial charge < -0.3 is 14.5 Å². The number of carbonyl (C=O) groups is 4. The molecule has 8 nitrogen and oxygen atoms in total. The molecule has 1 N–H and O–H groups in total. The van der Waals surface area contributed by atoms with Gasteiger partial charge in [0.25, 0.3) is 11.1 Å². The molecule has 184 valence electrons. The second-order valence-corrected chi connectivity index (χ2v) is 8.94. The molecule has 0 bridgehead atoms. The number of rotatable bonds is 9. The topological polar surface area (TPSA) is 106 Å². The molecular formula is C27H24N2O6S. The molecule has 9 heteroatoms. The molecule has 2 aromatic carbocycles. The third-order valence-electron chi connectivity index (χ3n) is 5.27. The summed E-state index contributed by atoms with van der Waals surface area (Å²) in [5.74, 6) is -0.482. The van der Waals surface area contributed by atoms with Crippen LogP contribution in [0.2, 0.25) is 0 Å². The van der Waals surface area contributed by atoms with E-state index in [9.17, 15) is 19.2 Å². The van der Waals surface area contributed by atoms with E-state index in [0.717, 1.165) is 35.1 Å². The summed E-state index contributed by atoms with van der Waals surface area (Å²) >= 11 is 0.750. The zero-order chi connectivity index (χ0) is 25.5. The van der Waals surface area contributed by atoms with E-state index in [1.54, 1.807) is 60.7 Å². The van der Waals surface area contributed by atoms with Crippen molar-refractivity contribution in [1.82, 2.24) is 4.90 Å². The summed E-state index contributed by atoms with van der Waals surface area (Å²) in [6, 6.07) is 19.0. The molecule has 1 aromatic heterocycles. The number of nitrogens with one attached hydrogen (secondary N) is 1. The first-order valence-corrected chi connectivity index (χ1v) is 12.2. The summed E-state index contributed by atoms with van der Waals surface area (Å²) in [7, 11) is 0. The first-order chi connectivity index (χ1) is 17.4. The number of anilines is 1. The Kier molecular flexibility index (Phi) is 8.02. The average molecular weight is 505 g/mol. The fourth-order valence-electron chi connectivity index (χ4n) is 3.38. The zero-order valence-corrected chi connectivity index (χ0v) is 20.4. The molecule has 2 heterocycles. The highest BCUT2D eigenvalue weighted by molar-refractivity contribution is 8.18. The van der Waals surface area contributed by atoms with E-state index >= 15 is 0 Å². The maximum absolute atomic E-state index is 12.7. The average Bonchev–Trinajstić information content (AvgIpc) is 3.45. The molecule has 3 aromatic rings. The molecule has 0 aliphatic carbocycles. The Labute approximate surface area is 212 Å². The summed E-state index contributed by atoms with van der Waals surface area (Å²) in [6.07, 6.45) is 3.24. The summed E-state index contributed by atoms with van der Waals surface area (Å²) in [6.45, 7) is 2.03. The van der Waals surface area contributed by atoms with Crippen LogP contribution in [0.3, 0.4) is 0 Å². The normalized spacial score (nSPS) is 14.4. The lowest BCUT2D eigenvalue weighted by Gasteiger charge is -2.12. The first kappa shape index (κ1) is 25.0. The van der Waals surface area contributed by atoms with Gasteiger partial charge in [-0.1, -0.05) is 43.7 Å². The van der Waals surface area contributed by atoms with Crippen LogP contribution in [0, 0.1) is 0 Å². The summed E-state index contributed by atoms with van der Waals surface area (Å²) in [5.41, 5.74) is 1.77. The van der Waals surface area contributed by atoms with Gasteiger partial charge in [-0.25, -0.2) is 4.79 Å². The number of furan rings is 1. The van der Waals surface area contributed by atoms with Crippen LogP contribution in [0.4, 0.5) is 10.5 Å². The van der Waals surface area contributed by atoms with E-state index < -0.39 is 17.1 Å². The van der Waals surface area contributed by atoms with E-state index in [-0.39, 0.29) is 17.4 Å². The van der Waals surface area contributed by atoms with E-state index in [1.165, 1.54) is 6.08 Å². The summed E-state index contributed by atoms with van der Waals surface area (Å²) in [4.78, 5) is 50.5. The van der Waals surface area contributed by atoms with E-state index in [2.05, 4.69) is 5.32 Å². The molecule has 1 saturated heterocycles. The maximum Gasteiger partial charge on any atom is 0.338 e. The van der Waals surface area contributed by atoms with E-state index in [1.807, 2.05) is 13.0 Å². The third-order valence-corrected chi connectivity index (χ3v) is 6.18. The van der Waals surface area contributed by atoms with Crippen molar-refractivity contribution < 1.29 is 28.3 Å². The number of esters is 1. The quantitative estimate of drug-likeness (QED) is 0.230. The lowest BCUT2D eigenvalue weighted by molar-refractivity contribution is -0.127. The van der Waals surface area contributed by atoms with Crippen LogP contribution in [0.1, 0.15) is 35.9 Å². The molecule has 4 rings (SSSR count). The van der Waals surface area contributed by atoms with Crippen LogP contribution in [-0.2, 0) is 14.3 Å². The Balaban J connectivity index is 1.39. The molecule has 0 atom stereocenters. The van der Waals surface area contributed by atoms with Gasteiger partial charge in [-0.3, -0.25) is 19.3 Å². The van der Waals surface area contributed by atoms with Gasteiger partial charge in [0.05, 0.1) is 17.1 Å². The fourth-order valence-corrected chi connectivity index (χ4v) is 4.20. The highest BCUT2D eigenvalue weighted by atomic mass is 32.2. The predicted molar refractivity (Wildman–Crippen MR) is 137 cm³/mol. The Bertz CT molecular complexity index is 1300. The minimum Gasteiger partial charge on any atom is -0.462 e. The van der Waals surface area contributed by atoms with Crippen molar-refractivity contribution >= 4 is 46.5 Å². The van der Waals surface area contributed by atoms with E-state index in [4.69, 9.17) is 9.15 Å². The van der Waals surface area contributed by atoms with Crippen LogP contribution >= 0.6 is 11.8 Å². The number of imide groups is 1. The monoisotopic (exact) mass is 504 g/mol. The number of unbranched alkanes of at least 4 members (excludes halogenated alkanes) is 1.